The quantitative estimate of drug-likeness (QED) is 0.0153. The first-order valence-electron chi connectivity index (χ1n) is 38.1. The number of fused-ring (bicyclic) bond motifs is 3. The van der Waals surface area contributed by atoms with Crippen LogP contribution in [0.25, 0.3) is 0 Å². The van der Waals surface area contributed by atoms with Crippen LogP contribution in [0.2, 0.25) is 30.1 Å². The number of hydrogen-bond donors (Lipinski definition) is 6. The van der Waals surface area contributed by atoms with E-state index in [1.165, 1.54) is 24.3 Å². The Morgan fingerprint density at radius 2 is 0.756 bits per heavy atom. The Hall–Kier alpha value is -7.05. The molecular formula is C85H101Cl6N7O18S3. The van der Waals surface area contributed by atoms with Gasteiger partial charge < -0.3 is 64.4 Å². The van der Waals surface area contributed by atoms with Crippen molar-refractivity contribution < 1.29 is 83.1 Å². The first-order valence-corrected chi connectivity index (χ1v) is 45.0. The van der Waals surface area contributed by atoms with Crippen LogP contribution in [0.5, 0.6) is 0 Å². The van der Waals surface area contributed by atoms with E-state index in [-0.39, 0.29) is 147 Å². The zero-order valence-corrected chi connectivity index (χ0v) is 72.5. The monoisotopic (exact) mass is 1810 g/mol. The lowest BCUT2D eigenvalue weighted by molar-refractivity contribution is 0.0481. The van der Waals surface area contributed by atoms with Crippen molar-refractivity contribution in [2.45, 2.75) is 78.8 Å². The van der Waals surface area contributed by atoms with Gasteiger partial charge in [0.2, 0.25) is 20.0 Å². The number of likely N-dealkylation sites (N-methyl/N-ethyl adjacent to an activating group) is 3. The Kier molecular flexibility index (Phi) is 38.9. The van der Waals surface area contributed by atoms with Crippen molar-refractivity contribution in [3.05, 3.63) is 260 Å². The first kappa shape index (κ1) is 97.4. The maximum Gasteiger partial charge on any atom is 0.335 e. The summed E-state index contributed by atoms with van der Waals surface area (Å²) in [6.07, 6.45) is 1.07. The summed E-state index contributed by atoms with van der Waals surface area (Å²) in [5.41, 5.74) is 15.1. The van der Waals surface area contributed by atoms with E-state index < -0.39 is 41.8 Å². The van der Waals surface area contributed by atoms with Crippen molar-refractivity contribution in [1.29, 1.82) is 0 Å². The fraction of sp³-hybridized carbons (Fsp3) is 0.388. The van der Waals surface area contributed by atoms with Crippen LogP contribution in [0.1, 0.15) is 136 Å². The molecule has 644 valence electrons. The molecule has 11 rings (SSSR count). The van der Waals surface area contributed by atoms with Gasteiger partial charge in [-0.05, 0) is 193 Å². The molecule has 7 N–H and O–H groups in total. The minimum atomic E-state index is -3.80. The number of nitrogens with zero attached hydrogens (tertiary/aromatic N) is 3. The zero-order chi connectivity index (χ0) is 85.1. The number of carbonyl (C=O) groups is 4. The number of ether oxygens (including phenoxy) is 6. The topological polar surface area (TPSA) is 338 Å². The number of aromatic carboxylic acids is 2. The predicted molar refractivity (Wildman–Crippen MR) is 464 cm³/mol. The minimum Gasteiger partial charge on any atom is -0.478 e. The highest BCUT2D eigenvalue weighted by molar-refractivity contribution is 7.91. The summed E-state index contributed by atoms with van der Waals surface area (Å²) in [5.74, 6) is -2.77. The van der Waals surface area contributed by atoms with Gasteiger partial charge in [0.25, 0.3) is 5.91 Å². The highest BCUT2D eigenvalue weighted by Crippen LogP contribution is 2.42. The number of hydrogen-bond acceptors (Lipinski definition) is 20. The molecule has 119 heavy (non-hydrogen) atoms. The third kappa shape index (κ3) is 29.3. The molecule has 34 heteroatoms. The second-order valence-corrected chi connectivity index (χ2v) is 36.5. The number of carboxylic acids is 2. The number of carboxylic acid groups (broad SMARTS) is 2. The number of rotatable bonds is 40. The summed E-state index contributed by atoms with van der Waals surface area (Å²) in [5, 5.41) is 23.2. The second-order valence-electron chi connectivity index (χ2n) is 28.3. The molecule has 8 aromatic carbocycles. The van der Waals surface area contributed by atoms with E-state index in [0.717, 1.165) is 63.2 Å². The van der Waals surface area contributed by atoms with Crippen LogP contribution in [0.3, 0.4) is 0 Å². The van der Waals surface area contributed by atoms with Gasteiger partial charge in [-0.15, -0.1) is 0 Å². The number of halogens is 6. The lowest BCUT2D eigenvalue weighted by Gasteiger charge is -2.33. The maximum atomic E-state index is 13.3. The fourth-order valence-corrected chi connectivity index (χ4v) is 18.9. The smallest absolute Gasteiger partial charge is 0.335 e. The van der Waals surface area contributed by atoms with Crippen molar-refractivity contribution in [2.24, 2.45) is 5.73 Å². The molecule has 0 saturated heterocycles. The number of ketones is 1. The molecule has 3 aliphatic rings. The van der Waals surface area contributed by atoms with Gasteiger partial charge in [0, 0.05) is 144 Å². The number of carbonyl (C=O) groups excluding carboxylic acids is 2. The van der Waals surface area contributed by atoms with E-state index in [1.807, 2.05) is 57.5 Å². The van der Waals surface area contributed by atoms with E-state index in [2.05, 4.69) is 29.5 Å². The highest BCUT2D eigenvalue weighted by atomic mass is 35.5. The van der Waals surface area contributed by atoms with Crippen molar-refractivity contribution in [3.63, 3.8) is 0 Å². The molecule has 0 saturated carbocycles. The van der Waals surface area contributed by atoms with Gasteiger partial charge in [-0.3, -0.25) is 9.59 Å². The molecule has 3 heterocycles. The number of sulfone groups is 1. The summed E-state index contributed by atoms with van der Waals surface area (Å²) in [6, 6.07) is 43.4. The molecule has 0 spiro atoms. The van der Waals surface area contributed by atoms with E-state index in [9.17, 15) is 44.4 Å². The van der Waals surface area contributed by atoms with Gasteiger partial charge in [-0.1, -0.05) is 126 Å². The predicted octanol–water partition coefficient (Wildman–Crippen LogP) is 13.6. The van der Waals surface area contributed by atoms with Crippen molar-refractivity contribution in [1.82, 2.24) is 29.5 Å². The van der Waals surface area contributed by atoms with Crippen molar-refractivity contribution in [3.8, 4) is 0 Å². The van der Waals surface area contributed by atoms with Gasteiger partial charge >= 0.3 is 11.9 Å². The van der Waals surface area contributed by atoms with E-state index in [1.54, 1.807) is 97.1 Å². The van der Waals surface area contributed by atoms with Gasteiger partial charge in [-0.2, -0.15) is 0 Å². The normalized spacial score (nSPS) is 15.5. The molecule has 0 fully saturated rings. The lowest BCUT2D eigenvalue weighted by Crippen LogP contribution is -2.31. The molecule has 0 aliphatic carbocycles. The molecule has 0 bridgehead atoms. The average Bonchev–Trinajstić information content (AvgIpc) is 0.780. The van der Waals surface area contributed by atoms with Gasteiger partial charge in [-0.25, -0.2) is 44.3 Å². The number of sulfonamides is 2. The summed E-state index contributed by atoms with van der Waals surface area (Å²) >= 11 is 38.5. The molecule has 8 aromatic rings. The molecular weight excluding hydrogens is 1720 g/mol. The average molecular weight is 1820 g/mol. The molecule has 3 unspecified atom stereocenters. The number of Topliss-reactive ketones (excluding diaryl/α,β-unsaturated/α-hetero) is 1. The van der Waals surface area contributed by atoms with E-state index >= 15 is 0 Å². The summed E-state index contributed by atoms with van der Waals surface area (Å²) in [7, 11) is -5.00. The maximum absolute atomic E-state index is 13.3. The third-order valence-electron chi connectivity index (χ3n) is 19.5. The molecule has 0 aromatic heterocycles. The summed E-state index contributed by atoms with van der Waals surface area (Å²) in [6.45, 7) is 8.83. The third-order valence-corrected chi connectivity index (χ3v) is 25.8. The number of nitrogens with one attached hydrogen (secondary N) is 3. The number of amides is 1. The molecule has 1 amide bonds. The SMILES string of the molecule is C.CN1Cc2c(Cl)cc(Cl)cc2C(c2cccc(S(=O)(=O)CCCOCCOCCNC(=O)c3ccc(C(=O)CCCOCCOCCNS(=O)(=O)c4cccc(C5CN(C)Cc6c(Cl)cc(Cl)cc65)c4)cc3)c2)C1.CN1Cc2c(Cl)cc(Cl)cc2C(c2cccc(S(=O)(=O)NCCOCCOCCN)c2)C1.O=C(O)c1ccc(C(=O)O)cc1. The molecule has 0 radical (unpaired) electrons. The van der Waals surface area contributed by atoms with E-state index in [0.29, 0.717) is 113 Å². The van der Waals surface area contributed by atoms with Gasteiger partial charge in [0.05, 0.1) is 97.6 Å². The lowest BCUT2D eigenvalue weighted by atomic mass is 9.85. The van der Waals surface area contributed by atoms with Crippen LogP contribution in [0.15, 0.2) is 172 Å². The Bertz CT molecular complexity index is 4870. The van der Waals surface area contributed by atoms with Gasteiger partial charge in [0.15, 0.2) is 15.6 Å². The zero-order valence-electron chi connectivity index (χ0n) is 65.5. The van der Waals surface area contributed by atoms with Crippen LogP contribution in [0.4, 0.5) is 0 Å². The standard InChI is InChI=1S/C54H62Cl4N4O10S2.C22H29Cl2N3O4S.C8H6O4.CH4/c1-61-33-47(45-29-41(55)31-51(57)49(45)35-61)39-7-3-9-43(27-39)73(65,66)26-6-19-70-23-24-71-20-16-59-54(64)38-14-12-37(13-15-38)53(63)11-5-18-69-22-25-72-21-17-60-74(67,68)44-10-4-8-40(28-44)48-34-62(2)36-50-46(48)30-42(56)32-52(50)58;1-27-14-20(19-12-17(23)13-22(24)21(19)15-27)16-3-2-4-18(11-16)32(28,29)26-6-8-31-10-9-30-7-5-25;9-7(10)5-1-2-6(4-3-5)8(11)12;/h3-4,7-10,12-15,27-32,47-48,60H,5-6,11,16-26,33-36H2,1-2H3,(H,59,64);2-4,11-13,20,26H,5-10,14-15,25H2,1H3;1-4H,(H,9,10)(H,11,12);1H4. The highest BCUT2D eigenvalue weighted by Gasteiger charge is 2.32. The first-order chi connectivity index (χ1) is 56.4. The van der Waals surface area contributed by atoms with Gasteiger partial charge in [0.1, 0.15) is 0 Å². The number of nitrogens with two attached hydrogens (primary N) is 1. The largest absolute Gasteiger partial charge is 0.478 e. The van der Waals surface area contributed by atoms with Crippen LogP contribution < -0.4 is 20.5 Å². The summed E-state index contributed by atoms with van der Waals surface area (Å²) in [4.78, 5) is 53.2. The van der Waals surface area contributed by atoms with Crippen LogP contribution >= 0.6 is 69.6 Å². The van der Waals surface area contributed by atoms with Crippen molar-refractivity contribution >= 4 is 123 Å². The Morgan fingerprint density at radius 3 is 1.14 bits per heavy atom. The van der Waals surface area contributed by atoms with Crippen LogP contribution in [-0.4, -0.2) is 226 Å². The Balaban J connectivity index is 0.000000319. The van der Waals surface area contributed by atoms with Crippen LogP contribution in [0, 0.1) is 0 Å². The minimum absolute atomic E-state index is 0. The molecule has 25 nitrogen and oxygen atoms in total. The van der Waals surface area contributed by atoms with Crippen molar-refractivity contribution in [2.75, 3.05) is 152 Å². The fourth-order valence-electron chi connectivity index (χ4n) is 13.7. The van der Waals surface area contributed by atoms with Crippen LogP contribution in [-0.2, 0) is 77.9 Å². The Morgan fingerprint density at radius 1 is 0.420 bits per heavy atom. The summed E-state index contributed by atoms with van der Waals surface area (Å²) < 4.78 is 117. The number of benzene rings is 8. The second kappa shape index (κ2) is 47.6. The van der Waals surface area contributed by atoms with E-state index in [4.69, 9.17) is 114 Å². The molecule has 3 aliphatic heterocycles. The Labute approximate surface area is 726 Å². The molecule has 3 atom stereocenters.